The van der Waals surface area contributed by atoms with Gasteiger partial charge in [0.05, 0.1) is 0 Å². The van der Waals surface area contributed by atoms with Gasteiger partial charge in [-0.05, 0) is 56.6 Å². The standard InChI is InChI=1S/C39H31BrN4/c40-28-29-21-23-31(24-22-29)37-27-32(30-13-5-1-6-14-30)25-26-36(37)38(41)42-44-43-39(33-15-7-2-8-16-33,34-17-9-3-10-18-34)35-19-11-4-12-20-35/h1-27H,28H2,(H2,41,42,43). The molecule has 0 aliphatic heterocycles. The molecule has 0 heterocycles. The summed E-state index contributed by atoms with van der Waals surface area (Å²) in [7, 11) is 0. The third-order valence-corrected chi connectivity index (χ3v) is 8.44. The lowest BCUT2D eigenvalue weighted by molar-refractivity contribution is 0.475. The first-order valence-corrected chi connectivity index (χ1v) is 15.6. The van der Waals surface area contributed by atoms with E-state index in [1.807, 2.05) is 84.9 Å². The molecule has 0 radical (unpaired) electrons. The molecule has 0 aromatic heterocycles. The summed E-state index contributed by atoms with van der Waals surface area (Å²) < 4.78 is 0. The molecule has 0 bridgehead atoms. The lowest BCUT2D eigenvalue weighted by atomic mass is 9.77. The van der Waals surface area contributed by atoms with Gasteiger partial charge < -0.3 is 0 Å². The van der Waals surface area contributed by atoms with Crippen LogP contribution in [0.2, 0.25) is 0 Å². The zero-order valence-electron chi connectivity index (χ0n) is 24.1. The third-order valence-electron chi connectivity index (χ3n) is 7.79. The Labute approximate surface area is 266 Å². The lowest BCUT2D eigenvalue weighted by Gasteiger charge is -2.34. The fourth-order valence-corrected chi connectivity index (χ4v) is 5.91. The van der Waals surface area contributed by atoms with Gasteiger partial charge in [0.15, 0.2) is 5.84 Å². The van der Waals surface area contributed by atoms with Crippen LogP contribution in [0.15, 0.2) is 174 Å². The molecule has 0 spiro atoms. The van der Waals surface area contributed by atoms with E-state index in [0.29, 0.717) is 5.56 Å². The van der Waals surface area contributed by atoms with Crippen molar-refractivity contribution in [3.05, 3.63) is 192 Å². The molecular formula is C39H31BrN4. The smallest absolute Gasteiger partial charge is 0.176 e. The first-order chi connectivity index (χ1) is 21.7. The number of nitrogens with zero attached hydrogens (tertiary/aromatic N) is 2. The zero-order chi connectivity index (χ0) is 30.2. The van der Waals surface area contributed by atoms with E-state index in [2.05, 4.69) is 111 Å². The molecule has 0 unspecified atom stereocenters. The van der Waals surface area contributed by atoms with Crippen molar-refractivity contribution in [1.82, 2.24) is 5.43 Å². The average molecular weight is 636 g/mol. The quantitative estimate of drug-likeness (QED) is 0.0408. The van der Waals surface area contributed by atoms with Gasteiger partial charge in [0.1, 0.15) is 5.54 Å². The highest BCUT2D eigenvalue weighted by atomic mass is 79.9. The predicted molar refractivity (Wildman–Crippen MR) is 184 cm³/mol. The van der Waals surface area contributed by atoms with Gasteiger partial charge in [0, 0.05) is 10.9 Å². The minimum absolute atomic E-state index is 0.0692. The third kappa shape index (κ3) is 6.01. The first-order valence-electron chi connectivity index (χ1n) is 14.5. The molecule has 6 aromatic rings. The maximum Gasteiger partial charge on any atom is 0.176 e. The Kier molecular flexibility index (Phi) is 8.85. The predicted octanol–water partition coefficient (Wildman–Crippen LogP) is 10.2. The van der Waals surface area contributed by atoms with Gasteiger partial charge in [-0.1, -0.05) is 173 Å². The second-order valence-corrected chi connectivity index (χ2v) is 11.0. The van der Waals surface area contributed by atoms with Gasteiger partial charge in [-0.15, -0.1) is 5.11 Å². The Hall–Kier alpha value is -5.13. The summed E-state index contributed by atoms with van der Waals surface area (Å²) in [5.41, 5.74) is 11.7. The van der Waals surface area contributed by atoms with Crippen LogP contribution in [0.3, 0.4) is 0 Å². The van der Waals surface area contributed by atoms with Crippen molar-refractivity contribution in [3.8, 4) is 22.3 Å². The van der Waals surface area contributed by atoms with Crippen molar-refractivity contribution in [1.29, 1.82) is 5.41 Å². The molecule has 5 heteroatoms. The summed E-state index contributed by atoms with van der Waals surface area (Å²) in [6, 6.07) is 55.5. The molecule has 0 aliphatic carbocycles. The Bertz CT molecular complexity index is 1760. The van der Waals surface area contributed by atoms with E-state index in [9.17, 15) is 0 Å². The molecule has 2 N–H and O–H groups in total. The molecule has 0 atom stereocenters. The Morgan fingerprint density at radius 2 is 1.05 bits per heavy atom. The number of hydrogen-bond acceptors (Lipinski definition) is 2. The van der Waals surface area contributed by atoms with Crippen LogP contribution in [0.25, 0.3) is 22.3 Å². The molecule has 214 valence electrons. The molecule has 6 aromatic carbocycles. The molecular weight excluding hydrogens is 604 g/mol. The number of rotatable bonds is 9. The molecule has 0 saturated heterocycles. The number of nitrogens with one attached hydrogen (secondary N) is 2. The number of halogens is 1. The molecule has 44 heavy (non-hydrogen) atoms. The minimum atomic E-state index is -0.820. The summed E-state index contributed by atoms with van der Waals surface area (Å²) in [4.78, 5) is 0. The average Bonchev–Trinajstić information content (AvgIpc) is 3.11. The summed E-state index contributed by atoms with van der Waals surface area (Å²) >= 11 is 3.54. The number of hydrogen-bond donors (Lipinski definition) is 2. The second kappa shape index (κ2) is 13.4. The van der Waals surface area contributed by atoms with E-state index in [1.165, 1.54) is 5.56 Å². The van der Waals surface area contributed by atoms with Gasteiger partial charge >= 0.3 is 0 Å². The minimum Gasteiger partial charge on any atom is -0.281 e. The van der Waals surface area contributed by atoms with Crippen molar-refractivity contribution in [2.24, 2.45) is 10.3 Å². The molecule has 6 rings (SSSR count). The number of amidine groups is 1. The van der Waals surface area contributed by atoms with Crippen molar-refractivity contribution in [2.45, 2.75) is 10.9 Å². The van der Waals surface area contributed by atoms with E-state index < -0.39 is 5.54 Å². The normalized spacial score (nSPS) is 11.4. The van der Waals surface area contributed by atoms with Crippen LogP contribution in [0.5, 0.6) is 0 Å². The van der Waals surface area contributed by atoms with Gasteiger partial charge in [-0.3, -0.25) is 10.8 Å². The number of alkyl halides is 1. The highest BCUT2D eigenvalue weighted by Gasteiger charge is 2.36. The largest absolute Gasteiger partial charge is 0.281 e. The fourth-order valence-electron chi connectivity index (χ4n) is 5.54. The molecule has 0 saturated carbocycles. The van der Waals surface area contributed by atoms with Gasteiger partial charge in [-0.2, -0.15) is 0 Å². The summed E-state index contributed by atoms with van der Waals surface area (Å²) in [5.74, 6) is 0.0692. The van der Waals surface area contributed by atoms with E-state index in [0.717, 1.165) is 44.3 Å². The second-order valence-electron chi connectivity index (χ2n) is 10.5. The van der Waals surface area contributed by atoms with Gasteiger partial charge in [0.25, 0.3) is 0 Å². The SMILES string of the molecule is N=C(/N=N\NC(c1ccccc1)(c1ccccc1)c1ccccc1)c1ccc(-c2ccccc2)cc1-c1ccc(CBr)cc1. The lowest BCUT2D eigenvalue weighted by Crippen LogP contribution is -2.41. The van der Waals surface area contributed by atoms with Crippen LogP contribution in [-0.4, -0.2) is 5.84 Å². The highest BCUT2D eigenvalue weighted by molar-refractivity contribution is 9.08. The monoisotopic (exact) mass is 634 g/mol. The van der Waals surface area contributed by atoms with Crippen LogP contribution in [0, 0.1) is 5.41 Å². The van der Waals surface area contributed by atoms with Crippen LogP contribution in [0.1, 0.15) is 27.8 Å². The molecule has 0 amide bonds. The topological polar surface area (TPSA) is 60.6 Å². The van der Waals surface area contributed by atoms with Crippen molar-refractivity contribution < 1.29 is 0 Å². The zero-order valence-corrected chi connectivity index (χ0v) is 25.7. The van der Waals surface area contributed by atoms with Crippen LogP contribution in [-0.2, 0) is 10.9 Å². The highest BCUT2D eigenvalue weighted by Crippen LogP contribution is 2.37. The first kappa shape index (κ1) is 29.0. The molecule has 0 fully saturated rings. The molecule has 0 aliphatic rings. The van der Waals surface area contributed by atoms with Crippen LogP contribution < -0.4 is 5.43 Å². The van der Waals surface area contributed by atoms with Gasteiger partial charge in [-0.25, -0.2) is 0 Å². The van der Waals surface area contributed by atoms with E-state index in [1.54, 1.807) is 0 Å². The Morgan fingerprint density at radius 1 is 0.568 bits per heavy atom. The summed E-state index contributed by atoms with van der Waals surface area (Å²) in [6.45, 7) is 0. The Morgan fingerprint density at radius 3 is 1.55 bits per heavy atom. The fraction of sp³-hybridized carbons (Fsp3) is 0.0513. The van der Waals surface area contributed by atoms with Crippen molar-refractivity contribution in [3.63, 3.8) is 0 Å². The van der Waals surface area contributed by atoms with Crippen molar-refractivity contribution >= 4 is 21.8 Å². The maximum absolute atomic E-state index is 9.09. The van der Waals surface area contributed by atoms with E-state index in [4.69, 9.17) is 5.41 Å². The van der Waals surface area contributed by atoms with Crippen molar-refractivity contribution in [2.75, 3.05) is 0 Å². The van der Waals surface area contributed by atoms with Crippen LogP contribution in [0.4, 0.5) is 0 Å². The van der Waals surface area contributed by atoms with E-state index >= 15 is 0 Å². The summed E-state index contributed by atoms with van der Waals surface area (Å²) in [5, 5.41) is 18.9. The Balaban J connectivity index is 1.41. The maximum atomic E-state index is 9.09. The number of benzene rings is 6. The molecule has 4 nitrogen and oxygen atoms in total. The summed E-state index contributed by atoms with van der Waals surface area (Å²) in [6.07, 6.45) is 0. The van der Waals surface area contributed by atoms with Crippen LogP contribution >= 0.6 is 15.9 Å². The van der Waals surface area contributed by atoms with Gasteiger partial charge in [0.2, 0.25) is 0 Å². The van der Waals surface area contributed by atoms with E-state index in [-0.39, 0.29) is 5.84 Å².